The number of benzene rings is 3. The van der Waals surface area contributed by atoms with E-state index in [9.17, 15) is 9.59 Å². The van der Waals surface area contributed by atoms with E-state index >= 15 is 0 Å². The highest BCUT2D eigenvalue weighted by Gasteiger charge is 2.33. The molecule has 0 aliphatic carbocycles. The Hall–Kier alpha value is -4.94. The van der Waals surface area contributed by atoms with E-state index in [-0.39, 0.29) is 30.2 Å². The first-order valence-electron chi connectivity index (χ1n) is 14.6. The molecule has 0 spiro atoms. The Labute approximate surface area is 275 Å². The van der Waals surface area contributed by atoms with Crippen LogP contribution in [0.4, 0.5) is 0 Å². The molecule has 3 aromatic carbocycles. The quantitative estimate of drug-likeness (QED) is 0.170. The lowest BCUT2D eigenvalue weighted by molar-refractivity contribution is -0.130. The Morgan fingerprint density at radius 3 is 2.46 bits per heavy atom. The summed E-state index contributed by atoms with van der Waals surface area (Å²) in [7, 11) is 3.16. The van der Waals surface area contributed by atoms with Crippen LogP contribution in [0.5, 0.6) is 11.5 Å². The molecule has 6 rings (SSSR count). The summed E-state index contributed by atoms with van der Waals surface area (Å²) in [5.41, 5.74) is 3.33. The van der Waals surface area contributed by atoms with Crippen LogP contribution in [0.3, 0.4) is 0 Å². The van der Waals surface area contributed by atoms with Gasteiger partial charge >= 0.3 is 0 Å². The van der Waals surface area contributed by atoms with E-state index in [1.54, 1.807) is 41.7 Å². The molecule has 0 saturated heterocycles. The fraction of sp³-hybridized carbons (Fsp3) is 0.206. The number of para-hydroxylation sites is 1. The van der Waals surface area contributed by atoms with Crippen LogP contribution < -0.4 is 14.8 Å². The van der Waals surface area contributed by atoms with E-state index in [1.165, 1.54) is 18.9 Å². The highest BCUT2D eigenvalue weighted by atomic mass is 32.2. The average Bonchev–Trinajstić information content (AvgIpc) is 3.87. The summed E-state index contributed by atoms with van der Waals surface area (Å²) in [5.74, 6) is 1.49. The van der Waals surface area contributed by atoms with Gasteiger partial charge in [-0.3, -0.25) is 9.59 Å². The highest BCUT2D eigenvalue weighted by Crippen LogP contribution is 2.35. The Morgan fingerprint density at radius 1 is 0.935 bits per heavy atom. The monoisotopic (exact) mass is 652 g/mol. The predicted octanol–water partition coefficient (Wildman–Crippen LogP) is 5.81. The largest absolute Gasteiger partial charge is 0.497 e. The number of nitrogens with one attached hydrogen (secondary N) is 1. The Balaban J connectivity index is 1.21. The molecule has 1 atom stereocenters. The molecule has 0 fully saturated rings. The lowest BCUT2D eigenvalue weighted by Crippen LogP contribution is -2.28. The van der Waals surface area contributed by atoms with Crippen molar-refractivity contribution in [2.45, 2.75) is 30.7 Å². The van der Waals surface area contributed by atoms with E-state index in [0.29, 0.717) is 35.3 Å². The van der Waals surface area contributed by atoms with Gasteiger partial charge in [-0.25, -0.2) is 5.01 Å². The lowest BCUT2D eigenvalue weighted by atomic mass is 10.0. The fourth-order valence-electron chi connectivity index (χ4n) is 5.18. The van der Waals surface area contributed by atoms with Gasteiger partial charge in [0, 0.05) is 6.42 Å². The molecule has 1 aliphatic rings. The number of carbonyl (C=O) groups excluding carboxylic acids is 2. The smallest absolute Gasteiger partial charge is 0.255 e. The number of hydrogen-bond donors (Lipinski definition) is 1. The molecule has 10 nitrogen and oxygen atoms in total. The SMILES string of the molecule is COc1ccc([C@@H]2CC(c3cccs3)=NN2C(=O)CSc2nnc(CNC(=O)c3ccccc3OC)n2Cc2ccccc2)cc1. The number of hydrogen-bond acceptors (Lipinski definition) is 9. The second-order valence-corrected chi connectivity index (χ2v) is 12.3. The predicted molar refractivity (Wildman–Crippen MR) is 179 cm³/mol. The molecule has 1 N–H and O–H groups in total. The maximum atomic E-state index is 13.8. The first-order chi connectivity index (χ1) is 22.5. The zero-order valence-corrected chi connectivity index (χ0v) is 27.0. The minimum atomic E-state index is -0.283. The molecule has 0 radical (unpaired) electrons. The van der Waals surface area contributed by atoms with Gasteiger partial charge in [0.1, 0.15) is 11.5 Å². The van der Waals surface area contributed by atoms with E-state index in [4.69, 9.17) is 14.6 Å². The summed E-state index contributed by atoms with van der Waals surface area (Å²) in [6, 6.07) is 28.5. The third kappa shape index (κ3) is 6.98. The number of methoxy groups -OCH3 is 2. The maximum Gasteiger partial charge on any atom is 0.255 e. The Bertz CT molecular complexity index is 1820. The van der Waals surface area contributed by atoms with Crippen molar-refractivity contribution in [1.82, 2.24) is 25.1 Å². The summed E-state index contributed by atoms with van der Waals surface area (Å²) in [5, 5.41) is 20.7. The van der Waals surface area contributed by atoms with Crippen LogP contribution >= 0.6 is 23.1 Å². The number of ether oxygens (including phenoxy) is 2. The van der Waals surface area contributed by atoms with Crippen molar-refractivity contribution in [2.75, 3.05) is 20.0 Å². The molecule has 0 saturated carbocycles. The van der Waals surface area contributed by atoms with Crippen molar-refractivity contribution in [2.24, 2.45) is 5.10 Å². The van der Waals surface area contributed by atoms with Crippen molar-refractivity contribution in [3.8, 4) is 11.5 Å². The zero-order chi connectivity index (χ0) is 31.9. The van der Waals surface area contributed by atoms with Crippen molar-refractivity contribution >= 4 is 40.6 Å². The molecule has 12 heteroatoms. The molecule has 1 aliphatic heterocycles. The van der Waals surface area contributed by atoms with E-state index in [1.807, 2.05) is 82.7 Å². The number of rotatable bonds is 12. The van der Waals surface area contributed by atoms with E-state index in [0.717, 1.165) is 27.5 Å². The Kier molecular flexibility index (Phi) is 9.75. The molecule has 3 heterocycles. The standard InChI is InChI=1S/C34H32N6O4S2/c1-43-25-16-14-24(15-17-25)28-19-27(30-13-8-18-45-30)38-40(28)32(41)22-46-34-37-36-31(39(34)21-23-9-4-3-5-10-23)20-35-33(42)26-11-6-7-12-29(26)44-2/h3-18,28H,19-22H2,1-2H3,(H,35,42)/t28-/m0/s1. The van der Waals surface area contributed by atoms with Crippen LogP contribution in [0.25, 0.3) is 0 Å². The van der Waals surface area contributed by atoms with Crippen molar-refractivity contribution in [3.63, 3.8) is 0 Å². The average molecular weight is 653 g/mol. The summed E-state index contributed by atoms with van der Waals surface area (Å²) in [4.78, 5) is 27.9. The van der Waals surface area contributed by atoms with Crippen molar-refractivity contribution in [3.05, 3.63) is 124 Å². The third-order valence-electron chi connectivity index (χ3n) is 7.53. The van der Waals surface area contributed by atoms with E-state index in [2.05, 4.69) is 15.5 Å². The van der Waals surface area contributed by atoms with Crippen LogP contribution in [-0.2, 0) is 17.9 Å². The minimum Gasteiger partial charge on any atom is -0.497 e. The van der Waals surface area contributed by atoms with Gasteiger partial charge < -0.3 is 19.4 Å². The minimum absolute atomic E-state index is 0.106. The van der Waals surface area contributed by atoms with Gasteiger partial charge in [0.15, 0.2) is 11.0 Å². The van der Waals surface area contributed by atoms with E-state index < -0.39 is 0 Å². The third-order valence-corrected chi connectivity index (χ3v) is 9.40. The lowest BCUT2D eigenvalue weighted by Gasteiger charge is -2.22. The number of aromatic nitrogens is 3. The number of amides is 2. The molecule has 2 amide bonds. The van der Waals surface area contributed by atoms with Gasteiger partial charge in [0.25, 0.3) is 11.8 Å². The number of thioether (sulfide) groups is 1. The number of carbonyl (C=O) groups is 2. The molecular weight excluding hydrogens is 621 g/mol. The van der Waals surface area contributed by atoms with Crippen LogP contribution in [0.2, 0.25) is 0 Å². The first-order valence-corrected chi connectivity index (χ1v) is 16.5. The molecule has 46 heavy (non-hydrogen) atoms. The first kappa shape index (κ1) is 31.1. The zero-order valence-electron chi connectivity index (χ0n) is 25.3. The van der Waals surface area contributed by atoms with Crippen LogP contribution in [0.15, 0.2) is 107 Å². The number of nitrogens with zero attached hydrogens (tertiary/aromatic N) is 5. The second kappa shape index (κ2) is 14.4. The number of hydrazone groups is 1. The van der Waals surface area contributed by atoms with Gasteiger partial charge in [-0.1, -0.05) is 72.4 Å². The summed E-state index contributed by atoms with van der Waals surface area (Å²) in [6.45, 7) is 0.619. The van der Waals surface area contributed by atoms with Crippen LogP contribution in [0.1, 0.15) is 44.6 Å². The molecule has 2 aromatic heterocycles. The summed E-state index contributed by atoms with van der Waals surface area (Å²) < 4.78 is 12.6. The van der Waals surface area contributed by atoms with Gasteiger partial charge in [-0.15, -0.1) is 21.5 Å². The normalized spacial score (nSPS) is 14.2. The second-order valence-electron chi connectivity index (χ2n) is 10.4. The summed E-state index contributed by atoms with van der Waals surface area (Å²) >= 11 is 2.91. The van der Waals surface area contributed by atoms with Gasteiger partial charge in [-0.05, 0) is 46.8 Å². The van der Waals surface area contributed by atoms with Crippen molar-refractivity contribution in [1.29, 1.82) is 0 Å². The fourth-order valence-corrected chi connectivity index (χ4v) is 6.71. The molecule has 0 unspecified atom stereocenters. The van der Waals surface area contributed by atoms with Gasteiger partial charge in [0.2, 0.25) is 0 Å². The van der Waals surface area contributed by atoms with Crippen molar-refractivity contribution < 1.29 is 19.1 Å². The van der Waals surface area contributed by atoms with Crippen LogP contribution in [-0.4, -0.2) is 57.3 Å². The molecule has 5 aromatic rings. The van der Waals surface area contributed by atoms with Gasteiger partial charge in [0.05, 0.1) is 55.3 Å². The number of thiophene rings is 1. The summed E-state index contributed by atoms with van der Waals surface area (Å²) in [6.07, 6.45) is 0.615. The highest BCUT2D eigenvalue weighted by molar-refractivity contribution is 7.99. The Morgan fingerprint density at radius 2 is 1.72 bits per heavy atom. The molecule has 0 bridgehead atoms. The van der Waals surface area contributed by atoms with Gasteiger partial charge in [-0.2, -0.15) is 5.10 Å². The topological polar surface area (TPSA) is 111 Å². The molecular formula is C34H32N6O4S2. The molecule has 234 valence electrons. The van der Waals surface area contributed by atoms with Crippen LogP contribution in [0, 0.1) is 0 Å². The maximum absolute atomic E-state index is 13.8.